The topological polar surface area (TPSA) is 86.2 Å². The molecule has 4 N–H and O–H groups in total. The summed E-state index contributed by atoms with van der Waals surface area (Å²) in [6.07, 6.45) is 0. The molecule has 0 fully saturated rings. The first-order valence-corrected chi connectivity index (χ1v) is 5.79. The Morgan fingerprint density at radius 1 is 1.33 bits per heavy atom. The molecule has 0 aromatic heterocycles. The highest BCUT2D eigenvalue weighted by atomic mass is 32.2. The van der Waals surface area contributed by atoms with Gasteiger partial charge < -0.3 is 5.73 Å². The van der Waals surface area contributed by atoms with Crippen LogP contribution in [-0.2, 0) is 15.6 Å². The van der Waals surface area contributed by atoms with Crippen LogP contribution in [0.3, 0.4) is 0 Å². The Balaban J connectivity index is 3.34. The molecule has 6 heteroatoms. The van der Waals surface area contributed by atoms with Gasteiger partial charge in [0, 0.05) is 5.54 Å². The highest BCUT2D eigenvalue weighted by molar-refractivity contribution is 7.89. The molecule has 0 bridgehead atoms. The lowest BCUT2D eigenvalue weighted by Crippen LogP contribution is -2.29. The molecule has 0 aliphatic rings. The molecule has 1 rings (SSSR count). The molecule has 0 aliphatic heterocycles. The van der Waals surface area contributed by atoms with E-state index < -0.39 is 26.3 Å². The van der Waals surface area contributed by atoms with Crippen molar-refractivity contribution in [3.63, 3.8) is 0 Å². The molecule has 0 amide bonds. The van der Waals surface area contributed by atoms with Gasteiger partial charge in [-0.15, -0.1) is 0 Å². The first-order valence-electron chi connectivity index (χ1n) is 4.24. The lowest BCUT2D eigenvalue weighted by atomic mass is 9.96. The zero-order valence-corrected chi connectivity index (χ0v) is 9.31. The van der Waals surface area contributed by atoms with Crippen molar-refractivity contribution in [1.82, 2.24) is 0 Å². The third-order valence-corrected chi connectivity index (χ3v) is 2.93. The number of nitrogens with two attached hydrogens (primary N) is 2. The van der Waals surface area contributed by atoms with Crippen LogP contribution >= 0.6 is 0 Å². The van der Waals surface area contributed by atoms with Crippen LogP contribution in [0.25, 0.3) is 0 Å². The van der Waals surface area contributed by atoms with Gasteiger partial charge in [0.05, 0.1) is 0 Å². The molecule has 0 spiro atoms. The van der Waals surface area contributed by atoms with Crippen molar-refractivity contribution < 1.29 is 12.8 Å². The summed E-state index contributed by atoms with van der Waals surface area (Å²) in [5.41, 5.74) is 5.52. The normalized spacial score (nSPS) is 12.9. The zero-order valence-electron chi connectivity index (χ0n) is 8.49. The molecule has 15 heavy (non-hydrogen) atoms. The number of hydrogen-bond donors (Lipinski definition) is 2. The van der Waals surface area contributed by atoms with Crippen LogP contribution in [-0.4, -0.2) is 8.42 Å². The molecule has 1 aromatic rings. The standard InChI is InChI=1S/C9H13FN2O2S/c1-9(2,11)6-3-4-8(7(10)5-6)15(12,13)14/h3-5H,11H2,1-2H3,(H2,12,13,14). The fraction of sp³-hybridized carbons (Fsp3) is 0.333. The Morgan fingerprint density at radius 3 is 2.20 bits per heavy atom. The van der Waals surface area contributed by atoms with E-state index in [-0.39, 0.29) is 0 Å². The number of sulfonamides is 1. The maximum atomic E-state index is 13.4. The fourth-order valence-electron chi connectivity index (χ4n) is 1.13. The number of halogens is 1. The average molecular weight is 232 g/mol. The second kappa shape index (κ2) is 3.55. The van der Waals surface area contributed by atoms with E-state index in [2.05, 4.69) is 0 Å². The van der Waals surface area contributed by atoms with Crippen molar-refractivity contribution in [3.8, 4) is 0 Å². The van der Waals surface area contributed by atoms with Gasteiger partial charge in [0.15, 0.2) is 0 Å². The first-order chi connectivity index (χ1) is 6.62. The van der Waals surface area contributed by atoms with Gasteiger partial charge in [-0.05, 0) is 31.5 Å². The molecule has 0 heterocycles. The van der Waals surface area contributed by atoms with Crippen LogP contribution < -0.4 is 10.9 Å². The molecule has 1 aromatic carbocycles. The number of rotatable bonds is 2. The highest BCUT2D eigenvalue weighted by Crippen LogP contribution is 2.21. The van der Waals surface area contributed by atoms with Crippen molar-refractivity contribution in [2.75, 3.05) is 0 Å². The van der Waals surface area contributed by atoms with Crippen molar-refractivity contribution in [1.29, 1.82) is 0 Å². The Morgan fingerprint density at radius 2 is 1.87 bits per heavy atom. The minimum atomic E-state index is -4.01. The first kappa shape index (κ1) is 12.1. The molecule has 4 nitrogen and oxygen atoms in total. The third-order valence-electron chi connectivity index (χ3n) is 1.98. The Bertz CT molecular complexity index is 477. The van der Waals surface area contributed by atoms with E-state index in [1.807, 2.05) is 0 Å². The minimum absolute atomic E-state index is 0.507. The molecule has 84 valence electrons. The summed E-state index contributed by atoms with van der Waals surface area (Å²) in [5.74, 6) is -0.881. The van der Waals surface area contributed by atoms with Crippen LogP contribution in [0.4, 0.5) is 4.39 Å². The van der Waals surface area contributed by atoms with Crippen LogP contribution in [0.15, 0.2) is 23.1 Å². The highest BCUT2D eigenvalue weighted by Gasteiger charge is 2.19. The van der Waals surface area contributed by atoms with Crippen molar-refractivity contribution in [2.24, 2.45) is 10.9 Å². The van der Waals surface area contributed by atoms with Crippen molar-refractivity contribution in [3.05, 3.63) is 29.6 Å². The maximum absolute atomic E-state index is 13.4. The quantitative estimate of drug-likeness (QED) is 0.785. The largest absolute Gasteiger partial charge is 0.322 e. The molecule has 0 aliphatic carbocycles. The van der Waals surface area contributed by atoms with Gasteiger partial charge in [0.2, 0.25) is 10.0 Å². The summed E-state index contributed by atoms with van der Waals surface area (Å²) in [4.78, 5) is -0.518. The van der Waals surface area contributed by atoms with E-state index in [4.69, 9.17) is 10.9 Å². The monoisotopic (exact) mass is 232 g/mol. The van der Waals surface area contributed by atoms with Crippen LogP contribution in [0.1, 0.15) is 19.4 Å². The van der Waals surface area contributed by atoms with Gasteiger partial charge in [-0.25, -0.2) is 17.9 Å². The van der Waals surface area contributed by atoms with Gasteiger partial charge in [-0.3, -0.25) is 0 Å². The minimum Gasteiger partial charge on any atom is -0.322 e. The van der Waals surface area contributed by atoms with E-state index in [0.29, 0.717) is 5.56 Å². The molecule has 0 saturated heterocycles. The zero-order chi connectivity index (χ0) is 11.9. The van der Waals surface area contributed by atoms with Gasteiger partial charge >= 0.3 is 0 Å². The van der Waals surface area contributed by atoms with Crippen LogP contribution in [0, 0.1) is 5.82 Å². The summed E-state index contributed by atoms with van der Waals surface area (Å²) in [6, 6.07) is 3.65. The van der Waals surface area contributed by atoms with E-state index in [0.717, 1.165) is 12.1 Å². The SMILES string of the molecule is CC(C)(N)c1ccc(S(N)(=O)=O)c(F)c1. The van der Waals surface area contributed by atoms with Crippen molar-refractivity contribution >= 4 is 10.0 Å². The smallest absolute Gasteiger partial charge is 0.240 e. The number of primary sulfonamides is 1. The van der Waals surface area contributed by atoms with E-state index in [9.17, 15) is 12.8 Å². The summed E-state index contributed by atoms with van der Waals surface area (Å²) in [6.45, 7) is 3.39. The third kappa shape index (κ3) is 2.74. The number of benzene rings is 1. The summed E-state index contributed by atoms with van der Waals surface area (Å²) in [7, 11) is -4.01. The van der Waals surface area contributed by atoms with Crippen molar-refractivity contribution in [2.45, 2.75) is 24.3 Å². The maximum Gasteiger partial charge on any atom is 0.240 e. The molecular formula is C9H13FN2O2S. The Hall–Kier alpha value is -0.980. The van der Waals surface area contributed by atoms with Crippen LogP contribution in [0.5, 0.6) is 0 Å². The van der Waals surface area contributed by atoms with Gasteiger partial charge in [-0.2, -0.15) is 0 Å². The van der Waals surface area contributed by atoms with Gasteiger partial charge in [0.1, 0.15) is 10.7 Å². The summed E-state index contributed by atoms with van der Waals surface area (Å²) >= 11 is 0. The van der Waals surface area contributed by atoms with E-state index in [1.165, 1.54) is 6.07 Å². The second-order valence-corrected chi connectivity index (χ2v) is 5.44. The Kier molecular flexibility index (Phi) is 2.86. The lowest BCUT2D eigenvalue weighted by Gasteiger charge is -2.19. The number of hydrogen-bond acceptors (Lipinski definition) is 3. The van der Waals surface area contributed by atoms with Gasteiger partial charge in [-0.1, -0.05) is 6.07 Å². The molecule has 0 unspecified atom stereocenters. The molecule has 0 saturated carbocycles. The van der Waals surface area contributed by atoms with Crippen LogP contribution in [0.2, 0.25) is 0 Å². The summed E-state index contributed by atoms with van der Waals surface area (Å²) < 4.78 is 35.2. The molecule has 0 radical (unpaired) electrons. The van der Waals surface area contributed by atoms with Gasteiger partial charge in [0.25, 0.3) is 0 Å². The van der Waals surface area contributed by atoms with E-state index >= 15 is 0 Å². The fourth-order valence-corrected chi connectivity index (χ4v) is 1.72. The molecule has 0 atom stereocenters. The van der Waals surface area contributed by atoms with E-state index in [1.54, 1.807) is 13.8 Å². The molecular weight excluding hydrogens is 219 g/mol. The lowest BCUT2D eigenvalue weighted by molar-refractivity contribution is 0.532. The second-order valence-electron chi connectivity index (χ2n) is 3.91. The summed E-state index contributed by atoms with van der Waals surface area (Å²) in [5, 5.41) is 4.82. The Labute approximate surface area is 88.1 Å². The predicted molar refractivity (Wildman–Crippen MR) is 55.0 cm³/mol. The average Bonchev–Trinajstić information content (AvgIpc) is 1.99. The predicted octanol–water partition coefficient (Wildman–Crippen LogP) is 0.667.